The molecule has 3 aliphatic heterocycles. The molecule has 0 aromatic heterocycles. The molecule has 3 saturated heterocycles. The number of ether oxygens (including phenoxy) is 2. The van der Waals surface area contributed by atoms with Crippen molar-refractivity contribution in [2.75, 3.05) is 20.3 Å². The van der Waals surface area contributed by atoms with Crippen molar-refractivity contribution >= 4 is 29.4 Å². The first-order chi connectivity index (χ1) is 20.7. The fraction of sp³-hybridized carbons (Fsp3) is 0.656. The summed E-state index contributed by atoms with van der Waals surface area (Å²) in [5.41, 5.74) is 0.806. The molecule has 6 atom stereocenters. The minimum Gasteiger partial charge on any atom is -0.497 e. The van der Waals surface area contributed by atoms with Gasteiger partial charge in [-0.2, -0.15) is 0 Å². The number of amides is 4. The smallest absolute Gasteiger partial charge is 0.246 e. The summed E-state index contributed by atoms with van der Waals surface area (Å²) in [5.74, 6) is -0.907. The number of nitrogens with zero attached hydrogens (tertiary/aromatic N) is 1. The number of ketones is 1. The van der Waals surface area contributed by atoms with E-state index in [2.05, 4.69) is 16.0 Å². The van der Waals surface area contributed by atoms with Gasteiger partial charge in [0.2, 0.25) is 23.6 Å². The van der Waals surface area contributed by atoms with Crippen LogP contribution in [0.5, 0.6) is 5.75 Å². The van der Waals surface area contributed by atoms with Gasteiger partial charge in [-0.1, -0.05) is 45.2 Å². The fourth-order valence-corrected chi connectivity index (χ4v) is 5.82. The third kappa shape index (κ3) is 8.78. The lowest BCUT2D eigenvalue weighted by Gasteiger charge is -2.39. The van der Waals surface area contributed by atoms with Crippen LogP contribution in [0.25, 0.3) is 0 Å². The van der Waals surface area contributed by atoms with Gasteiger partial charge in [0, 0.05) is 19.4 Å². The van der Waals surface area contributed by atoms with Crippen LogP contribution in [0, 0.1) is 5.92 Å². The lowest BCUT2D eigenvalue weighted by atomic mass is 9.93. The second-order valence-electron chi connectivity index (χ2n) is 12.0. The van der Waals surface area contributed by atoms with Gasteiger partial charge in [0.25, 0.3) is 0 Å². The first-order valence-corrected chi connectivity index (χ1v) is 15.7. The Morgan fingerprint density at radius 1 is 0.977 bits per heavy atom. The van der Waals surface area contributed by atoms with Crippen LogP contribution in [0.15, 0.2) is 24.3 Å². The molecule has 43 heavy (non-hydrogen) atoms. The summed E-state index contributed by atoms with van der Waals surface area (Å²) in [5, 5.41) is 8.76. The Morgan fingerprint density at radius 2 is 1.67 bits per heavy atom. The number of hydrogen-bond acceptors (Lipinski definition) is 7. The average molecular weight is 599 g/mol. The van der Waals surface area contributed by atoms with Crippen LogP contribution in [0.1, 0.15) is 77.2 Å². The summed E-state index contributed by atoms with van der Waals surface area (Å²) in [6, 6.07) is 3.86. The number of epoxide rings is 1. The van der Waals surface area contributed by atoms with Gasteiger partial charge in [0.05, 0.1) is 13.7 Å². The molecule has 3 N–H and O–H groups in total. The van der Waals surface area contributed by atoms with Gasteiger partial charge in [-0.15, -0.1) is 0 Å². The maximum absolute atomic E-state index is 13.9. The zero-order chi connectivity index (χ0) is 30.9. The number of carbonyl (C=O) groups excluding carboxylic acids is 5. The minimum atomic E-state index is -0.965. The standard InChI is InChI=1S/C32H46N4O7/c1-4-20(2)28-32(41)36-17-9-8-11-25(36)31(40)33-23(10-6-5-7-12-26(37)27-19-43-27)29(38)34-24(30(39)35-28)18-21-13-15-22(42-3)16-14-21/h13-16,20,23-25,27-28H,4-12,17-19H2,1-3H3,(H,33,40)(H,34,38)(H,35,39)/t20-,23-,24+,25-,27-,28-/m0/s1. The second-order valence-corrected chi connectivity index (χ2v) is 12.0. The van der Waals surface area contributed by atoms with Crippen LogP contribution < -0.4 is 20.7 Å². The third-order valence-corrected chi connectivity index (χ3v) is 8.84. The predicted molar refractivity (Wildman–Crippen MR) is 159 cm³/mol. The van der Waals surface area contributed by atoms with Gasteiger partial charge in [-0.3, -0.25) is 24.0 Å². The van der Waals surface area contributed by atoms with Gasteiger partial charge >= 0.3 is 0 Å². The van der Waals surface area contributed by atoms with Crippen molar-refractivity contribution in [2.24, 2.45) is 5.92 Å². The van der Waals surface area contributed by atoms with E-state index in [4.69, 9.17) is 9.47 Å². The van der Waals surface area contributed by atoms with E-state index in [1.807, 2.05) is 26.0 Å². The number of benzene rings is 1. The van der Waals surface area contributed by atoms with Crippen LogP contribution in [0.3, 0.4) is 0 Å². The van der Waals surface area contributed by atoms with E-state index in [9.17, 15) is 24.0 Å². The van der Waals surface area contributed by atoms with Crippen LogP contribution in [-0.2, 0) is 35.1 Å². The zero-order valence-electron chi connectivity index (χ0n) is 25.6. The number of methoxy groups -OCH3 is 1. The summed E-state index contributed by atoms with van der Waals surface area (Å²) in [4.78, 5) is 68.6. The minimum absolute atomic E-state index is 0.0993. The summed E-state index contributed by atoms with van der Waals surface area (Å²) < 4.78 is 10.3. The van der Waals surface area contributed by atoms with Crippen LogP contribution in [0.4, 0.5) is 0 Å². The Kier molecular flexibility index (Phi) is 11.6. The normalized spacial score (nSPS) is 27.0. The van der Waals surface area contributed by atoms with E-state index in [1.54, 1.807) is 24.1 Å². The SMILES string of the molecule is CC[C@H](C)[C@@H]1NC(=O)[C@@H](Cc2ccc(OC)cc2)NC(=O)[C@H](CCCCCC(=O)[C@@H]2CO2)NC(=O)[C@@H]2CCCCN2C1=O. The molecular weight excluding hydrogens is 552 g/mol. The monoisotopic (exact) mass is 598 g/mol. The molecule has 0 radical (unpaired) electrons. The number of carbonyl (C=O) groups is 5. The van der Waals surface area contributed by atoms with Gasteiger partial charge in [-0.05, 0) is 55.7 Å². The molecule has 1 aromatic carbocycles. The molecular formula is C32H46N4O7. The van der Waals surface area contributed by atoms with Crippen LogP contribution in [0.2, 0.25) is 0 Å². The molecule has 3 heterocycles. The molecule has 236 valence electrons. The molecule has 0 spiro atoms. The molecule has 3 aliphatic rings. The van der Waals surface area contributed by atoms with E-state index in [0.29, 0.717) is 63.8 Å². The molecule has 0 unspecified atom stereocenters. The van der Waals surface area contributed by atoms with Crippen molar-refractivity contribution in [1.82, 2.24) is 20.9 Å². The fourth-order valence-electron chi connectivity index (χ4n) is 5.82. The molecule has 4 rings (SSSR count). The highest BCUT2D eigenvalue weighted by atomic mass is 16.6. The Hall–Kier alpha value is -3.47. The largest absolute Gasteiger partial charge is 0.497 e. The molecule has 0 aliphatic carbocycles. The highest BCUT2D eigenvalue weighted by Gasteiger charge is 2.40. The van der Waals surface area contributed by atoms with Gasteiger partial charge in [0.15, 0.2) is 5.78 Å². The second kappa shape index (κ2) is 15.3. The molecule has 0 bridgehead atoms. The Balaban J connectivity index is 1.56. The number of piperidine rings is 1. The predicted octanol–water partition coefficient (Wildman–Crippen LogP) is 2.05. The lowest BCUT2D eigenvalue weighted by Crippen LogP contribution is -2.64. The Morgan fingerprint density at radius 3 is 2.35 bits per heavy atom. The summed E-state index contributed by atoms with van der Waals surface area (Å²) >= 11 is 0. The third-order valence-electron chi connectivity index (χ3n) is 8.84. The summed E-state index contributed by atoms with van der Waals surface area (Å²) in [7, 11) is 1.57. The van der Waals surface area contributed by atoms with Gasteiger partial charge in [0.1, 0.15) is 36.0 Å². The lowest BCUT2D eigenvalue weighted by molar-refractivity contribution is -0.147. The zero-order valence-corrected chi connectivity index (χ0v) is 25.6. The Bertz CT molecular complexity index is 1150. The molecule has 3 fully saturated rings. The quantitative estimate of drug-likeness (QED) is 0.247. The number of unbranched alkanes of at least 4 members (excludes halogenated alkanes) is 2. The maximum Gasteiger partial charge on any atom is 0.246 e. The highest BCUT2D eigenvalue weighted by molar-refractivity contribution is 5.97. The number of Topliss-reactive ketones (excluding diaryl/α,β-unsaturated/α-hetero) is 1. The number of rotatable bonds is 12. The first-order valence-electron chi connectivity index (χ1n) is 15.7. The topological polar surface area (TPSA) is 146 Å². The highest BCUT2D eigenvalue weighted by Crippen LogP contribution is 2.23. The van der Waals surface area contributed by atoms with E-state index < -0.39 is 36.0 Å². The molecule has 11 nitrogen and oxygen atoms in total. The van der Waals surface area contributed by atoms with Crippen molar-refractivity contribution in [2.45, 2.75) is 108 Å². The van der Waals surface area contributed by atoms with Crippen LogP contribution in [-0.4, -0.2) is 84.8 Å². The van der Waals surface area contributed by atoms with E-state index in [-0.39, 0.29) is 36.0 Å². The van der Waals surface area contributed by atoms with E-state index >= 15 is 0 Å². The van der Waals surface area contributed by atoms with Gasteiger partial charge < -0.3 is 30.3 Å². The molecule has 1 aromatic rings. The van der Waals surface area contributed by atoms with Crippen molar-refractivity contribution in [1.29, 1.82) is 0 Å². The Labute approximate surface area is 253 Å². The van der Waals surface area contributed by atoms with Crippen molar-refractivity contribution in [3.63, 3.8) is 0 Å². The van der Waals surface area contributed by atoms with Crippen LogP contribution >= 0.6 is 0 Å². The molecule has 0 saturated carbocycles. The number of fused-ring (bicyclic) bond motifs is 1. The maximum atomic E-state index is 13.9. The molecule has 4 amide bonds. The first kappa shape index (κ1) is 32.4. The summed E-state index contributed by atoms with van der Waals surface area (Å²) in [6.07, 6.45) is 5.41. The van der Waals surface area contributed by atoms with Crippen molar-refractivity contribution in [3.05, 3.63) is 29.8 Å². The number of hydrogen-bond donors (Lipinski definition) is 3. The average Bonchev–Trinajstić information content (AvgIpc) is 3.87. The number of nitrogens with one attached hydrogen (secondary N) is 3. The van der Waals surface area contributed by atoms with Gasteiger partial charge in [-0.25, -0.2) is 0 Å². The van der Waals surface area contributed by atoms with E-state index in [0.717, 1.165) is 18.4 Å². The molecule has 11 heteroatoms. The summed E-state index contributed by atoms with van der Waals surface area (Å²) in [6.45, 7) is 4.78. The van der Waals surface area contributed by atoms with E-state index in [1.165, 1.54) is 0 Å². The van der Waals surface area contributed by atoms with Crippen molar-refractivity contribution < 1.29 is 33.4 Å². The van der Waals surface area contributed by atoms with Crippen molar-refractivity contribution in [3.8, 4) is 5.75 Å².